The average Bonchev–Trinajstić information content (AvgIpc) is 2.55. The molecule has 4 heteroatoms. The van der Waals surface area contributed by atoms with Crippen molar-refractivity contribution in [3.8, 4) is 0 Å². The zero-order chi connectivity index (χ0) is 13.4. The van der Waals surface area contributed by atoms with Crippen LogP contribution in [0.25, 0.3) is 0 Å². The Morgan fingerprint density at radius 2 is 2.11 bits per heavy atom. The van der Waals surface area contributed by atoms with Crippen molar-refractivity contribution in [2.45, 2.75) is 57.7 Å². The molecular weight excluding hydrogens is 228 g/mol. The molecule has 2 unspecified atom stereocenters. The molecule has 18 heavy (non-hydrogen) atoms. The molecule has 0 aromatic heterocycles. The van der Waals surface area contributed by atoms with Crippen molar-refractivity contribution in [2.75, 3.05) is 33.4 Å². The van der Waals surface area contributed by atoms with Crippen LogP contribution < -0.4 is 5.32 Å². The van der Waals surface area contributed by atoms with E-state index in [-0.39, 0.29) is 12.6 Å². The second kappa shape index (κ2) is 8.86. The van der Waals surface area contributed by atoms with Crippen LogP contribution in [0.5, 0.6) is 0 Å². The van der Waals surface area contributed by atoms with E-state index < -0.39 is 0 Å². The first-order valence-electron chi connectivity index (χ1n) is 7.27. The number of hydrogen-bond acceptors (Lipinski definition) is 4. The molecule has 1 aliphatic rings. The third-order valence-corrected chi connectivity index (χ3v) is 3.81. The highest BCUT2D eigenvalue weighted by Crippen LogP contribution is 2.14. The van der Waals surface area contributed by atoms with Gasteiger partial charge in [-0.2, -0.15) is 0 Å². The lowest BCUT2D eigenvalue weighted by molar-refractivity contribution is 0.140. The van der Waals surface area contributed by atoms with Crippen LogP contribution in [0.1, 0.15) is 39.5 Å². The predicted octanol–water partition coefficient (Wildman–Crippen LogP) is 1.24. The number of rotatable bonds is 7. The van der Waals surface area contributed by atoms with Crippen molar-refractivity contribution in [1.82, 2.24) is 10.2 Å². The minimum absolute atomic E-state index is 0.228. The SMILES string of the molecule is COCC(CCO)NC1CCCN(C(C)C)CC1. The van der Waals surface area contributed by atoms with Crippen molar-refractivity contribution >= 4 is 0 Å². The fourth-order valence-electron chi connectivity index (χ4n) is 2.71. The van der Waals surface area contributed by atoms with Gasteiger partial charge in [0, 0.05) is 31.8 Å². The molecule has 2 N–H and O–H groups in total. The van der Waals surface area contributed by atoms with E-state index in [0.717, 1.165) is 6.42 Å². The number of nitrogens with zero attached hydrogens (tertiary/aromatic N) is 1. The Morgan fingerprint density at radius 1 is 1.33 bits per heavy atom. The molecule has 0 bridgehead atoms. The topological polar surface area (TPSA) is 44.7 Å². The number of methoxy groups -OCH3 is 1. The molecule has 0 saturated carbocycles. The van der Waals surface area contributed by atoms with Crippen molar-refractivity contribution in [2.24, 2.45) is 0 Å². The number of aliphatic hydroxyl groups is 1. The standard InChI is InChI=1S/C14H30N2O2/c1-12(2)16-8-4-5-13(6-9-16)15-14(7-10-17)11-18-3/h12-15,17H,4-11H2,1-3H3. The van der Waals surface area contributed by atoms with Gasteiger partial charge >= 0.3 is 0 Å². The van der Waals surface area contributed by atoms with E-state index in [9.17, 15) is 0 Å². The lowest BCUT2D eigenvalue weighted by Crippen LogP contribution is -2.42. The third-order valence-electron chi connectivity index (χ3n) is 3.81. The van der Waals surface area contributed by atoms with Crippen molar-refractivity contribution < 1.29 is 9.84 Å². The zero-order valence-corrected chi connectivity index (χ0v) is 12.2. The van der Waals surface area contributed by atoms with E-state index in [1.165, 1.54) is 32.4 Å². The molecule has 1 heterocycles. The molecule has 4 nitrogen and oxygen atoms in total. The summed E-state index contributed by atoms with van der Waals surface area (Å²) in [6.07, 6.45) is 4.46. The summed E-state index contributed by atoms with van der Waals surface area (Å²) >= 11 is 0. The molecule has 0 aromatic rings. The average molecular weight is 258 g/mol. The highest BCUT2D eigenvalue weighted by atomic mass is 16.5. The van der Waals surface area contributed by atoms with Gasteiger partial charge in [-0.1, -0.05) is 0 Å². The molecule has 108 valence electrons. The monoisotopic (exact) mass is 258 g/mol. The molecule has 1 rings (SSSR count). The summed E-state index contributed by atoms with van der Waals surface area (Å²) in [5, 5.41) is 12.7. The Kier molecular flexibility index (Phi) is 7.82. The molecule has 0 aromatic carbocycles. The summed E-state index contributed by atoms with van der Waals surface area (Å²) < 4.78 is 5.20. The Morgan fingerprint density at radius 3 is 2.72 bits per heavy atom. The fraction of sp³-hybridized carbons (Fsp3) is 1.00. The highest BCUT2D eigenvalue weighted by molar-refractivity contribution is 4.79. The maximum absolute atomic E-state index is 9.06. The van der Waals surface area contributed by atoms with Crippen LogP contribution in [-0.4, -0.2) is 61.5 Å². The van der Waals surface area contributed by atoms with Gasteiger partial charge in [-0.05, 0) is 52.6 Å². The number of likely N-dealkylation sites (tertiary alicyclic amines) is 1. The summed E-state index contributed by atoms with van der Waals surface area (Å²) in [5.74, 6) is 0. The van der Waals surface area contributed by atoms with Crippen LogP contribution in [-0.2, 0) is 4.74 Å². The Bertz CT molecular complexity index is 206. The number of nitrogens with one attached hydrogen (secondary N) is 1. The zero-order valence-electron chi connectivity index (χ0n) is 12.2. The minimum atomic E-state index is 0.228. The molecule has 0 amide bonds. The summed E-state index contributed by atoms with van der Waals surface area (Å²) in [6, 6.07) is 1.51. The second-order valence-electron chi connectivity index (χ2n) is 5.59. The van der Waals surface area contributed by atoms with E-state index in [0.29, 0.717) is 18.7 Å². The normalized spacial score (nSPS) is 24.2. The van der Waals surface area contributed by atoms with E-state index in [2.05, 4.69) is 24.1 Å². The molecular formula is C14H30N2O2. The van der Waals surface area contributed by atoms with Crippen molar-refractivity contribution in [3.63, 3.8) is 0 Å². The molecule has 1 aliphatic heterocycles. The van der Waals surface area contributed by atoms with Gasteiger partial charge in [0.2, 0.25) is 0 Å². The summed E-state index contributed by atoms with van der Waals surface area (Å²) in [4.78, 5) is 2.55. The van der Waals surface area contributed by atoms with Crippen LogP contribution in [0.3, 0.4) is 0 Å². The predicted molar refractivity (Wildman–Crippen MR) is 74.9 cm³/mol. The Hall–Kier alpha value is -0.160. The third kappa shape index (κ3) is 5.65. The highest BCUT2D eigenvalue weighted by Gasteiger charge is 2.20. The molecule has 1 saturated heterocycles. The molecule has 0 spiro atoms. The largest absolute Gasteiger partial charge is 0.396 e. The summed E-state index contributed by atoms with van der Waals surface area (Å²) in [6.45, 7) is 7.84. The van der Waals surface area contributed by atoms with Gasteiger partial charge < -0.3 is 20.1 Å². The van der Waals surface area contributed by atoms with Crippen LogP contribution in [0.4, 0.5) is 0 Å². The molecule has 2 atom stereocenters. The van der Waals surface area contributed by atoms with Crippen LogP contribution in [0.2, 0.25) is 0 Å². The Balaban J connectivity index is 2.37. The quantitative estimate of drug-likeness (QED) is 0.721. The fourth-order valence-corrected chi connectivity index (χ4v) is 2.71. The molecule has 1 fully saturated rings. The van der Waals surface area contributed by atoms with Gasteiger partial charge in [-0.3, -0.25) is 0 Å². The van der Waals surface area contributed by atoms with Gasteiger partial charge in [0.25, 0.3) is 0 Å². The first-order chi connectivity index (χ1) is 8.67. The first-order valence-corrected chi connectivity index (χ1v) is 7.27. The lowest BCUT2D eigenvalue weighted by Gasteiger charge is -2.26. The van der Waals surface area contributed by atoms with E-state index >= 15 is 0 Å². The Labute approximate surface area is 112 Å². The smallest absolute Gasteiger partial charge is 0.0616 e. The molecule has 0 radical (unpaired) electrons. The van der Waals surface area contributed by atoms with Gasteiger partial charge in [-0.15, -0.1) is 0 Å². The van der Waals surface area contributed by atoms with E-state index in [1.54, 1.807) is 7.11 Å². The van der Waals surface area contributed by atoms with Gasteiger partial charge in [0.15, 0.2) is 0 Å². The second-order valence-corrected chi connectivity index (χ2v) is 5.59. The summed E-state index contributed by atoms with van der Waals surface area (Å²) in [7, 11) is 1.72. The summed E-state index contributed by atoms with van der Waals surface area (Å²) in [5.41, 5.74) is 0. The van der Waals surface area contributed by atoms with E-state index in [1.807, 2.05) is 0 Å². The minimum Gasteiger partial charge on any atom is -0.396 e. The van der Waals surface area contributed by atoms with E-state index in [4.69, 9.17) is 9.84 Å². The molecule has 0 aliphatic carbocycles. The van der Waals surface area contributed by atoms with Crippen LogP contribution >= 0.6 is 0 Å². The number of ether oxygens (including phenoxy) is 1. The van der Waals surface area contributed by atoms with Crippen LogP contribution in [0.15, 0.2) is 0 Å². The lowest BCUT2D eigenvalue weighted by atomic mass is 10.1. The first kappa shape index (κ1) is 15.9. The van der Waals surface area contributed by atoms with Crippen LogP contribution in [0, 0.1) is 0 Å². The van der Waals surface area contributed by atoms with Crippen molar-refractivity contribution in [1.29, 1.82) is 0 Å². The number of hydrogen-bond donors (Lipinski definition) is 2. The maximum atomic E-state index is 9.06. The van der Waals surface area contributed by atoms with Gasteiger partial charge in [-0.25, -0.2) is 0 Å². The maximum Gasteiger partial charge on any atom is 0.0616 e. The van der Waals surface area contributed by atoms with Crippen molar-refractivity contribution in [3.05, 3.63) is 0 Å². The van der Waals surface area contributed by atoms with Gasteiger partial charge in [0.1, 0.15) is 0 Å². The van der Waals surface area contributed by atoms with Gasteiger partial charge in [0.05, 0.1) is 6.61 Å². The number of aliphatic hydroxyl groups excluding tert-OH is 1.